The summed E-state index contributed by atoms with van der Waals surface area (Å²) in [5.41, 5.74) is 1.81. The monoisotopic (exact) mass is 494 g/mol. The molecule has 0 saturated heterocycles. The minimum atomic E-state index is -1.57. The fraction of sp³-hybridized carbons (Fsp3) is 0.200. The summed E-state index contributed by atoms with van der Waals surface area (Å²) in [7, 11) is 1.51. The van der Waals surface area contributed by atoms with Gasteiger partial charge in [0.15, 0.2) is 34.1 Å². The van der Waals surface area contributed by atoms with Gasteiger partial charge in [-0.2, -0.15) is 0 Å². The maximum absolute atomic E-state index is 13.0. The number of hydrogen-bond donors (Lipinski definition) is 3. The number of rotatable bonds is 11. The normalized spacial score (nSPS) is 11.6. The molecule has 4 aromatic rings. The fourth-order valence-electron chi connectivity index (χ4n) is 3.30. The molecular weight excluding hydrogens is 468 g/mol. The molecule has 1 unspecified atom stereocenters. The third kappa shape index (κ3) is 5.79. The van der Waals surface area contributed by atoms with Crippen molar-refractivity contribution in [1.29, 1.82) is 0 Å². The molecule has 0 saturated carbocycles. The maximum Gasteiger partial charge on any atom is 0.184 e. The van der Waals surface area contributed by atoms with Gasteiger partial charge in [-0.05, 0) is 24.3 Å². The first-order valence-corrected chi connectivity index (χ1v) is 12.0. The fourth-order valence-corrected chi connectivity index (χ4v) is 4.14. The van der Waals surface area contributed by atoms with Gasteiger partial charge in [0, 0.05) is 25.2 Å². The second-order valence-corrected chi connectivity index (χ2v) is 8.56. The van der Waals surface area contributed by atoms with Crippen molar-refractivity contribution in [2.75, 3.05) is 37.5 Å². The number of aromatic nitrogens is 2. The van der Waals surface area contributed by atoms with Crippen molar-refractivity contribution in [2.24, 2.45) is 0 Å². The van der Waals surface area contributed by atoms with Gasteiger partial charge in [-0.15, -0.1) is 0 Å². The minimum absolute atomic E-state index is 0.00322. The minimum Gasteiger partial charge on any atom is -0.497 e. The van der Waals surface area contributed by atoms with Crippen LogP contribution in [-0.4, -0.2) is 46.7 Å². The van der Waals surface area contributed by atoms with Gasteiger partial charge in [0.25, 0.3) is 0 Å². The Kier molecular flexibility index (Phi) is 7.96. The van der Waals surface area contributed by atoms with Gasteiger partial charge in [-0.25, -0.2) is 14.2 Å². The van der Waals surface area contributed by atoms with Crippen LogP contribution in [0.2, 0.25) is 0 Å². The quantitative estimate of drug-likeness (QED) is 0.265. The predicted octanol–water partition coefficient (Wildman–Crippen LogP) is 4.29. The van der Waals surface area contributed by atoms with E-state index in [1.807, 2.05) is 42.5 Å². The highest BCUT2D eigenvalue weighted by Crippen LogP contribution is 2.41. The summed E-state index contributed by atoms with van der Waals surface area (Å²) < 4.78 is 32.8. The van der Waals surface area contributed by atoms with E-state index in [0.717, 1.165) is 0 Å². The van der Waals surface area contributed by atoms with Gasteiger partial charge >= 0.3 is 0 Å². The number of hydrogen-bond acceptors (Lipinski definition) is 8. The lowest BCUT2D eigenvalue weighted by Gasteiger charge is -2.19. The summed E-state index contributed by atoms with van der Waals surface area (Å²) in [4.78, 5) is 9.98. The molecule has 1 aromatic heterocycles. The SMILES string of the molecule is COc1cc(Nc2nc3ccccc3nc2NS(=O)c2ccccc2)c(OCCCO)c(OC)c1. The number of benzene rings is 3. The van der Waals surface area contributed by atoms with E-state index in [-0.39, 0.29) is 13.2 Å². The van der Waals surface area contributed by atoms with E-state index in [1.54, 1.807) is 31.4 Å². The Labute approximate surface area is 205 Å². The average Bonchev–Trinajstić information content (AvgIpc) is 2.90. The van der Waals surface area contributed by atoms with Crippen LogP contribution in [0.15, 0.2) is 71.6 Å². The topological polar surface area (TPSA) is 115 Å². The van der Waals surface area contributed by atoms with Crippen LogP contribution >= 0.6 is 0 Å². The third-order valence-corrected chi connectivity index (χ3v) is 6.08. The molecular formula is C25H26N4O5S. The number of para-hydroxylation sites is 2. The Bertz CT molecular complexity index is 1320. The molecule has 0 spiro atoms. The van der Waals surface area contributed by atoms with Crippen molar-refractivity contribution in [1.82, 2.24) is 9.97 Å². The first-order chi connectivity index (χ1) is 17.1. The van der Waals surface area contributed by atoms with Crippen molar-refractivity contribution in [3.63, 3.8) is 0 Å². The highest BCUT2D eigenvalue weighted by atomic mass is 32.2. The second kappa shape index (κ2) is 11.5. The molecule has 35 heavy (non-hydrogen) atoms. The Morgan fingerprint density at radius 3 is 2.26 bits per heavy atom. The number of methoxy groups -OCH3 is 2. The lowest BCUT2D eigenvalue weighted by Crippen LogP contribution is -2.11. The van der Waals surface area contributed by atoms with Crippen LogP contribution in [0.4, 0.5) is 17.3 Å². The molecule has 1 atom stereocenters. The molecule has 9 nitrogen and oxygen atoms in total. The van der Waals surface area contributed by atoms with Gasteiger partial charge in [0.05, 0.1) is 42.4 Å². The highest BCUT2D eigenvalue weighted by molar-refractivity contribution is 7.86. The largest absolute Gasteiger partial charge is 0.497 e. The van der Waals surface area contributed by atoms with E-state index in [9.17, 15) is 9.32 Å². The van der Waals surface area contributed by atoms with Crippen molar-refractivity contribution < 1.29 is 23.5 Å². The zero-order valence-electron chi connectivity index (χ0n) is 19.4. The lowest BCUT2D eigenvalue weighted by molar-refractivity contribution is 0.228. The molecule has 0 bridgehead atoms. The van der Waals surface area contributed by atoms with Crippen LogP contribution in [0, 0.1) is 0 Å². The van der Waals surface area contributed by atoms with Gasteiger partial charge in [-0.3, -0.25) is 4.72 Å². The Morgan fingerprint density at radius 1 is 0.914 bits per heavy atom. The Hall–Kier alpha value is -3.89. The summed E-state index contributed by atoms with van der Waals surface area (Å²) in [6.07, 6.45) is 0.452. The number of fused-ring (bicyclic) bond motifs is 1. The van der Waals surface area contributed by atoms with E-state index in [4.69, 9.17) is 19.2 Å². The molecule has 0 fully saturated rings. The molecule has 182 valence electrons. The Balaban J connectivity index is 1.77. The van der Waals surface area contributed by atoms with Gasteiger partial charge in [0.1, 0.15) is 5.75 Å². The molecule has 0 amide bonds. The smallest absolute Gasteiger partial charge is 0.184 e. The molecule has 0 aliphatic rings. The van der Waals surface area contributed by atoms with E-state index in [1.165, 1.54) is 7.11 Å². The van der Waals surface area contributed by atoms with E-state index in [2.05, 4.69) is 15.0 Å². The van der Waals surface area contributed by atoms with E-state index in [0.29, 0.717) is 56.9 Å². The molecule has 0 radical (unpaired) electrons. The standard InChI is InChI=1S/C25H26N4O5S/c1-32-17-15-21(23(22(16-17)33-2)34-14-8-13-30)28-24-25(27-20-12-7-6-11-19(20)26-24)29-35(31)18-9-4-3-5-10-18/h3-7,9-12,15-16,30H,8,13-14H2,1-2H3,(H,26,28)(H,27,29). The van der Waals surface area contributed by atoms with Crippen LogP contribution in [0.3, 0.4) is 0 Å². The van der Waals surface area contributed by atoms with Crippen molar-refractivity contribution in [3.05, 3.63) is 66.7 Å². The van der Waals surface area contributed by atoms with Crippen molar-refractivity contribution >= 4 is 39.3 Å². The Morgan fingerprint density at radius 2 is 1.60 bits per heavy atom. The number of anilines is 3. The van der Waals surface area contributed by atoms with Crippen LogP contribution in [0.25, 0.3) is 11.0 Å². The maximum atomic E-state index is 13.0. The summed E-state index contributed by atoms with van der Waals surface area (Å²) in [6.45, 7) is 0.275. The lowest BCUT2D eigenvalue weighted by atomic mass is 10.2. The molecule has 4 rings (SSSR count). The molecule has 10 heteroatoms. The zero-order valence-corrected chi connectivity index (χ0v) is 20.2. The van der Waals surface area contributed by atoms with E-state index < -0.39 is 11.0 Å². The van der Waals surface area contributed by atoms with Crippen LogP contribution in [-0.2, 0) is 11.0 Å². The number of nitrogens with one attached hydrogen (secondary N) is 2. The van der Waals surface area contributed by atoms with Crippen LogP contribution in [0.5, 0.6) is 17.2 Å². The summed E-state index contributed by atoms with van der Waals surface area (Å²) >= 11 is 0. The average molecular weight is 495 g/mol. The first kappa shape index (κ1) is 24.2. The van der Waals surface area contributed by atoms with Crippen LogP contribution < -0.4 is 24.2 Å². The predicted molar refractivity (Wildman–Crippen MR) is 136 cm³/mol. The van der Waals surface area contributed by atoms with Crippen molar-refractivity contribution in [2.45, 2.75) is 11.3 Å². The molecule has 0 aliphatic heterocycles. The molecule has 3 aromatic carbocycles. The highest BCUT2D eigenvalue weighted by Gasteiger charge is 2.19. The van der Waals surface area contributed by atoms with Crippen LogP contribution in [0.1, 0.15) is 6.42 Å². The summed E-state index contributed by atoms with van der Waals surface area (Å²) in [6, 6.07) is 19.9. The molecule has 0 aliphatic carbocycles. The number of ether oxygens (including phenoxy) is 3. The number of nitrogens with zero attached hydrogens (tertiary/aromatic N) is 2. The third-order valence-electron chi connectivity index (χ3n) is 5.00. The summed E-state index contributed by atoms with van der Waals surface area (Å²) in [5.74, 6) is 2.05. The van der Waals surface area contributed by atoms with E-state index >= 15 is 0 Å². The molecule has 1 heterocycles. The van der Waals surface area contributed by atoms with Gasteiger partial charge in [0.2, 0.25) is 0 Å². The summed E-state index contributed by atoms with van der Waals surface area (Å²) in [5, 5.41) is 12.4. The first-order valence-electron chi connectivity index (χ1n) is 10.9. The zero-order chi connectivity index (χ0) is 24.6. The second-order valence-electron chi connectivity index (χ2n) is 7.35. The van der Waals surface area contributed by atoms with Gasteiger partial charge < -0.3 is 24.6 Å². The van der Waals surface area contributed by atoms with Gasteiger partial charge in [-0.1, -0.05) is 30.3 Å². The number of aliphatic hydroxyl groups excluding tert-OH is 1. The number of aliphatic hydroxyl groups is 1. The molecule has 3 N–H and O–H groups in total. The van der Waals surface area contributed by atoms with Crippen molar-refractivity contribution in [3.8, 4) is 17.2 Å².